The van der Waals surface area contributed by atoms with Crippen molar-refractivity contribution in [2.75, 3.05) is 18.1 Å². The molecule has 0 bridgehead atoms. The molecule has 3 N–H and O–H groups in total. The van der Waals surface area contributed by atoms with Crippen LogP contribution in [-0.2, 0) is 0 Å². The summed E-state index contributed by atoms with van der Waals surface area (Å²) in [6.07, 6.45) is 0. The first-order chi connectivity index (χ1) is 9.97. The van der Waals surface area contributed by atoms with Gasteiger partial charge in [0.05, 0.1) is 22.5 Å². The number of hydrogen-bond acceptors (Lipinski definition) is 4. The van der Waals surface area contributed by atoms with Crippen LogP contribution < -0.4 is 11.1 Å². The lowest BCUT2D eigenvalue weighted by Crippen LogP contribution is -2.24. The summed E-state index contributed by atoms with van der Waals surface area (Å²) in [5, 5.41) is 3.17. The zero-order valence-electron chi connectivity index (χ0n) is 11.2. The SMILES string of the molecule is CN1C(=O)c2ccc(Nc3ccc(I)cc3N)cc2C1=O. The maximum Gasteiger partial charge on any atom is 0.261 e. The number of carbonyl (C=O) groups is 2. The van der Waals surface area contributed by atoms with E-state index in [4.69, 9.17) is 5.73 Å². The summed E-state index contributed by atoms with van der Waals surface area (Å²) in [6, 6.07) is 10.8. The van der Waals surface area contributed by atoms with Gasteiger partial charge in [-0.05, 0) is 59.0 Å². The van der Waals surface area contributed by atoms with E-state index >= 15 is 0 Å². The summed E-state index contributed by atoms with van der Waals surface area (Å²) < 4.78 is 1.05. The van der Waals surface area contributed by atoms with Crippen LogP contribution in [0, 0.1) is 3.57 Å². The first kappa shape index (κ1) is 13.9. The Morgan fingerprint density at radius 3 is 2.48 bits per heavy atom. The third-order valence-corrected chi connectivity index (χ3v) is 4.05. The second kappa shape index (κ2) is 5.03. The molecule has 1 aliphatic rings. The number of carbonyl (C=O) groups excluding carboxylic acids is 2. The van der Waals surface area contributed by atoms with E-state index in [1.165, 1.54) is 7.05 Å². The Morgan fingerprint density at radius 2 is 1.76 bits per heavy atom. The number of hydrogen-bond donors (Lipinski definition) is 2. The highest BCUT2D eigenvalue weighted by atomic mass is 127. The van der Waals surface area contributed by atoms with Crippen molar-refractivity contribution in [2.45, 2.75) is 0 Å². The number of nitrogens with two attached hydrogens (primary N) is 1. The van der Waals surface area contributed by atoms with E-state index in [0.29, 0.717) is 16.8 Å². The van der Waals surface area contributed by atoms with Crippen LogP contribution in [0.15, 0.2) is 36.4 Å². The van der Waals surface area contributed by atoms with E-state index in [9.17, 15) is 9.59 Å². The lowest BCUT2D eigenvalue weighted by atomic mass is 10.1. The lowest BCUT2D eigenvalue weighted by Gasteiger charge is -2.10. The minimum atomic E-state index is -0.283. The van der Waals surface area contributed by atoms with Crippen LogP contribution in [0.3, 0.4) is 0 Å². The minimum absolute atomic E-state index is 0.268. The number of imide groups is 1. The van der Waals surface area contributed by atoms with E-state index in [-0.39, 0.29) is 11.8 Å². The van der Waals surface area contributed by atoms with Crippen LogP contribution in [0.2, 0.25) is 0 Å². The molecule has 6 heteroatoms. The van der Waals surface area contributed by atoms with E-state index in [2.05, 4.69) is 27.9 Å². The van der Waals surface area contributed by atoms with Crippen molar-refractivity contribution in [3.05, 3.63) is 51.1 Å². The molecule has 21 heavy (non-hydrogen) atoms. The summed E-state index contributed by atoms with van der Waals surface area (Å²) in [4.78, 5) is 24.9. The molecular weight excluding hydrogens is 381 g/mol. The fraction of sp³-hybridized carbons (Fsp3) is 0.0667. The van der Waals surface area contributed by atoms with Crippen LogP contribution in [-0.4, -0.2) is 23.8 Å². The van der Waals surface area contributed by atoms with Crippen molar-refractivity contribution in [3.63, 3.8) is 0 Å². The maximum absolute atomic E-state index is 12.0. The summed E-state index contributed by atoms with van der Waals surface area (Å²) in [5.41, 5.74) is 8.92. The van der Waals surface area contributed by atoms with Crippen molar-refractivity contribution in [2.24, 2.45) is 0 Å². The topological polar surface area (TPSA) is 75.4 Å². The van der Waals surface area contributed by atoms with Crippen LogP contribution in [0.5, 0.6) is 0 Å². The molecule has 2 aromatic carbocycles. The molecule has 0 aromatic heterocycles. The molecule has 5 nitrogen and oxygen atoms in total. The second-order valence-corrected chi connectivity index (χ2v) is 6.03. The molecule has 0 radical (unpaired) electrons. The van der Waals surface area contributed by atoms with Crippen LogP contribution in [0.25, 0.3) is 0 Å². The highest BCUT2D eigenvalue weighted by Crippen LogP contribution is 2.29. The zero-order chi connectivity index (χ0) is 15.1. The standard InChI is InChI=1S/C15H12IN3O2/c1-19-14(20)10-4-3-9(7-11(10)15(19)21)18-13-5-2-8(16)6-12(13)17/h2-7,18H,17H2,1H3. The molecule has 0 aliphatic carbocycles. The van der Waals surface area contributed by atoms with Crippen LogP contribution in [0.1, 0.15) is 20.7 Å². The number of halogens is 1. The fourth-order valence-electron chi connectivity index (χ4n) is 2.24. The molecule has 0 spiro atoms. The van der Waals surface area contributed by atoms with Gasteiger partial charge in [0.1, 0.15) is 0 Å². The minimum Gasteiger partial charge on any atom is -0.397 e. The molecule has 3 rings (SSSR count). The number of nitrogens with zero attached hydrogens (tertiary/aromatic N) is 1. The Morgan fingerprint density at radius 1 is 1.05 bits per heavy atom. The Bertz CT molecular complexity index is 774. The largest absolute Gasteiger partial charge is 0.397 e. The third-order valence-electron chi connectivity index (χ3n) is 3.38. The molecule has 0 saturated heterocycles. The van der Waals surface area contributed by atoms with Crippen LogP contribution >= 0.6 is 22.6 Å². The molecule has 106 valence electrons. The van der Waals surface area contributed by atoms with Gasteiger partial charge in [-0.3, -0.25) is 14.5 Å². The number of amides is 2. The van der Waals surface area contributed by atoms with Crippen molar-refractivity contribution in [1.29, 1.82) is 0 Å². The molecule has 2 aromatic rings. The summed E-state index contributed by atoms with van der Waals surface area (Å²) in [6.45, 7) is 0. The fourth-order valence-corrected chi connectivity index (χ4v) is 2.76. The quantitative estimate of drug-likeness (QED) is 0.468. The third kappa shape index (κ3) is 2.35. The Labute approximate surface area is 135 Å². The van der Waals surface area contributed by atoms with Gasteiger partial charge in [0.25, 0.3) is 11.8 Å². The molecule has 1 aliphatic heterocycles. The van der Waals surface area contributed by atoms with Gasteiger partial charge in [-0.2, -0.15) is 0 Å². The predicted octanol–water partition coefficient (Wildman–Crippen LogP) is 2.84. The normalized spacial score (nSPS) is 13.5. The number of nitrogen functional groups attached to an aromatic ring is 1. The molecule has 0 fully saturated rings. The molecule has 0 unspecified atom stereocenters. The highest BCUT2D eigenvalue weighted by Gasteiger charge is 2.32. The van der Waals surface area contributed by atoms with Crippen molar-refractivity contribution in [3.8, 4) is 0 Å². The number of benzene rings is 2. The summed E-state index contributed by atoms with van der Waals surface area (Å²) in [5.74, 6) is -0.551. The average Bonchev–Trinajstić information content (AvgIpc) is 2.67. The van der Waals surface area contributed by atoms with E-state index < -0.39 is 0 Å². The Kier molecular flexibility index (Phi) is 3.32. The van der Waals surface area contributed by atoms with Gasteiger partial charge in [0.15, 0.2) is 0 Å². The lowest BCUT2D eigenvalue weighted by molar-refractivity contribution is 0.0693. The number of rotatable bonds is 2. The second-order valence-electron chi connectivity index (χ2n) is 4.79. The number of fused-ring (bicyclic) bond motifs is 1. The molecule has 2 amide bonds. The summed E-state index contributed by atoms with van der Waals surface area (Å²) in [7, 11) is 1.48. The van der Waals surface area contributed by atoms with Crippen molar-refractivity contribution < 1.29 is 9.59 Å². The Hall–Kier alpha value is -2.09. The van der Waals surface area contributed by atoms with Gasteiger partial charge < -0.3 is 11.1 Å². The molecule has 0 saturated carbocycles. The maximum atomic E-state index is 12.0. The highest BCUT2D eigenvalue weighted by molar-refractivity contribution is 14.1. The number of anilines is 3. The smallest absolute Gasteiger partial charge is 0.261 e. The zero-order valence-corrected chi connectivity index (χ0v) is 13.3. The van der Waals surface area contributed by atoms with Gasteiger partial charge in [-0.15, -0.1) is 0 Å². The van der Waals surface area contributed by atoms with Gasteiger partial charge in [0, 0.05) is 16.3 Å². The van der Waals surface area contributed by atoms with Gasteiger partial charge in [0.2, 0.25) is 0 Å². The van der Waals surface area contributed by atoms with Gasteiger partial charge in [-0.25, -0.2) is 0 Å². The van der Waals surface area contributed by atoms with Crippen molar-refractivity contribution >= 4 is 51.5 Å². The summed E-state index contributed by atoms with van der Waals surface area (Å²) >= 11 is 2.19. The Balaban J connectivity index is 1.95. The van der Waals surface area contributed by atoms with E-state index in [1.807, 2.05) is 18.2 Å². The number of nitrogens with one attached hydrogen (secondary N) is 1. The monoisotopic (exact) mass is 393 g/mol. The first-order valence-electron chi connectivity index (χ1n) is 6.26. The van der Waals surface area contributed by atoms with E-state index in [1.54, 1.807) is 18.2 Å². The van der Waals surface area contributed by atoms with E-state index in [0.717, 1.165) is 19.8 Å². The van der Waals surface area contributed by atoms with Gasteiger partial charge in [-0.1, -0.05) is 0 Å². The first-order valence-corrected chi connectivity index (χ1v) is 7.34. The van der Waals surface area contributed by atoms with Crippen molar-refractivity contribution in [1.82, 2.24) is 4.90 Å². The average molecular weight is 393 g/mol. The molecule has 1 heterocycles. The predicted molar refractivity (Wildman–Crippen MR) is 89.7 cm³/mol. The van der Waals surface area contributed by atoms with Crippen LogP contribution in [0.4, 0.5) is 17.1 Å². The van der Waals surface area contributed by atoms with Gasteiger partial charge >= 0.3 is 0 Å². The molecular formula is C15H12IN3O2. The molecule has 0 atom stereocenters.